The second-order valence-electron chi connectivity index (χ2n) is 20.6. The van der Waals surface area contributed by atoms with E-state index in [1.807, 2.05) is 13.8 Å². The Hall–Kier alpha value is -3.20. The molecule has 8 rings (SSSR count). The molecule has 63 heavy (non-hydrogen) atoms. The molecule has 2 aromatic rings. The predicted octanol–water partition coefficient (Wildman–Crippen LogP) is 7.57. The first kappa shape index (κ1) is 47.8. The molecule has 0 amide bonds. The second-order valence-corrected chi connectivity index (χ2v) is 20.6. The van der Waals surface area contributed by atoms with Crippen LogP contribution in [0.2, 0.25) is 0 Å². The lowest BCUT2D eigenvalue weighted by Crippen LogP contribution is -2.58. The van der Waals surface area contributed by atoms with E-state index in [1.165, 1.54) is 33.4 Å². The van der Waals surface area contributed by atoms with Crippen molar-refractivity contribution in [1.82, 2.24) is 0 Å². The summed E-state index contributed by atoms with van der Waals surface area (Å²) < 4.78 is 23.3. The van der Waals surface area contributed by atoms with E-state index in [2.05, 4.69) is 67.5 Å². The molecule has 17 atom stereocenters. The van der Waals surface area contributed by atoms with Crippen molar-refractivity contribution in [3.8, 4) is 23.0 Å². The van der Waals surface area contributed by atoms with E-state index in [1.54, 1.807) is 6.92 Å². The van der Waals surface area contributed by atoms with Crippen LogP contribution >= 0.6 is 0 Å². The highest BCUT2D eigenvalue weighted by atomic mass is 16.7. The maximum Gasteiger partial charge on any atom is 0.229 e. The average molecular weight is 879 g/mol. The van der Waals surface area contributed by atoms with E-state index in [-0.39, 0.29) is 41.8 Å². The third kappa shape index (κ3) is 8.68. The molecule has 12 nitrogen and oxygen atoms in total. The van der Waals surface area contributed by atoms with Crippen LogP contribution in [0.3, 0.4) is 0 Å². The molecular weight excluding hydrogens is 805 g/mol. The van der Waals surface area contributed by atoms with Crippen LogP contribution in [-0.4, -0.2) is 103 Å². The first-order valence-corrected chi connectivity index (χ1v) is 23.4. The van der Waals surface area contributed by atoms with Gasteiger partial charge in [-0.3, -0.25) is 0 Å². The van der Waals surface area contributed by atoms with Crippen LogP contribution in [0.1, 0.15) is 181 Å². The summed E-state index contributed by atoms with van der Waals surface area (Å²) in [5.41, 5.74) is 11.2. The zero-order valence-corrected chi connectivity index (χ0v) is 39.1. The van der Waals surface area contributed by atoms with Crippen molar-refractivity contribution in [2.45, 2.75) is 206 Å². The van der Waals surface area contributed by atoms with E-state index in [0.717, 1.165) is 60.8 Å². The van der Waals surface area contributed by atoms with Crippen LogP contribution in [0.4, 0.5) is 0 Å². The van der Waals surface area contributed by atoms with Crippen molar-refractivity contribution in [2.24, 2.45) is 11.8 Å². The Balaban J connectivity index is 0.000000189. The van der Waals surface area contributed by atoms with Gasteiger partial charge in [0.05, 0.1) is 12.7 Å². The van der Waals surface area contributed by atoms with Crippen LogP contribution in [-0.2, 0) is 9.47 Å². The highest BCUT2D eigenvalue weighted by molar-refractivity contribution is 5.65. The topological polar surface area (TPSA) is 199 Å². The highest BCUT2D eigenvalue weighted by Crippen LogP contribution is 2.60. The summed E-state index contributed by atoms with van der Waals surface area (Å²) in [6.45, 7) is 22.8. The van der Waals surface area contributed by atoms with Crippen LogP contribution in [0.5, 0.6) is 23.0 Å². The van der Waals surface area contributed by atoms with Crippen LogP contribution < -0.4 is 9.47 Å². The maximum atomic E-state index is 11.4. The monoisotopic (exact) mass is 879 g/mol. The molecule has 4 aliphatic carbocycles. The minimum absolute atomic E-state index is 0.0828. The molecule has 2 heterocycles. The first-order chi connectivity index (χ1) is 29.6. The Morgan fingerprint density at radius 2 is 1.03 bits per heavy atom. The number of hydrogen-bond acceptors (Lipinski definition) is 12. The summed E-state index contributed by atoms with van der Waals surface area (Å²) in [6, 6.07) is 0. The standard InChI is InChI=1S/C26H38O6.C25H36O6/c1-11(2)9-16-10-13(4)17-8-7-12(3)18-20(17)19(16)14(5)25(22(18)28)32-26-24(30)23(29)21(27)15(6)31-26;1-11(2)8-15-9-13(4)16-7-6-12(3)18-20(16)19(15)14(5)21(27)24(18)31-25-23(29)22(28)17(26)10-30-25/h9,12-13,15-17,21,23-24,26-30H,7-8,10H2,1-6H3;8,12-13,15-17,22-23,25-29H,6-7,9-10H2,1-5H3/t12?,13-,15?,16-,17+,21?,23?,24?,26?;12?,13-,15-,16+,17?,22?,23?,25?/m00/s1. The molecule has 0 bridgehead atoms. The van der Waals surface area contributed by atoms with Gasteiger partial charge in [0, 0.05) is 23.0 Å². The number of phenols is 2. The van der Waals surface area contributed by atoms with Crippen molar-refractivity contribution in [1.29, 1.82) is 0 Å². The molecule has 2 fully saturated rings. The Bertz CT molecular complexity index is 2070. The Morgan fingerprint density at radius 3 is 1.59 bits per heavy atom. The lowest BCUT2D eigenvalue weighted by Gasteiger charge is -2.44. The lowest BCUT2D eigenvalue weighted by molar-refractivity contribution is -0.268. The molecular formula is C51H74O12. The third-order valence-corrected chi connectivity index (χ3v) is 15.3. The summed E-state index contributed by atoms with van der Waals surface area (Å²) in [7, 11) is 0. The van der Waals surface area contributed by atoms with Crippen LogP contribution in [0, 0.1) is 25.7 Å². The number of allylic oxidation sites excluding steroid dienone is 4. The Kier molecular flexibility index (Phi) is 14.1. The maximum absolute atomic E-state index is 11.4. The van der Waals surface area contributed by atoms with E-state index >= 15 is 0 Å². The van der Waals surface area contributed by atoms with Gasteiger partial charge in [-0.2, -0.15) is 0 Å². The van der Waals surface area contributed by atoms with E-state index in [0.29, 0.717) is 35.2 Å². The van der Waals surface area contributed by atoms with Crippen molar-refractivity contribution in [2.75, 3.05) is 6.61 Å². The molecule has 2 saturated heterocycles. The molecule has 12 heteroatoms. The second kappa shape index (κ2) is 18.6. The average Bonchev–Trinajstić information content (AvgIpc) is 3.21. The predicted molar refractivity (Wildman–Crippen MR) is 240 cm³/mol. The summed E-state index contributed by atoms with van der Waals surface area (Å²) in [6.07, 6.45) is -0.0136. The van der Waals surface area contributed by atoms with E-state index < -0.39 is 55.3 Å². The number of ether oxygens (including phenoxy) is 4. The molecule has 0 saturated carbocycles. The van der Waals surface area contributed by atoms with Gasteiger partial charge < -0.3 is 59.8 Å². The molecule has 0 aromatic heterocycles. The molecule has 11 unspecified atom stereocenters. The molecule has 2 aliphatic heterocycles. The fourth-order valence-corrected chi connectivity index (χ4v) is 12.1. The summed E-state index contributed by atoms with van der Waals surface area (Å²) in [5, 5.41) is 83.6. The van der Waals surface area contributed by atoms with Gasteiger partial charge in [0.1, 0.15) is 36.6 Å². The molecule has 350 valence electrons. The molecule has 2 aromatic carbocycles. The zero-order valence-electron chi connectivity index (χ0n) is 39.1. The fourth-order valence-electron chi connectivity index (χ4n) is 12.1. The summed E-state index contributed by atoms with van der Waals surface area (Å²) in [4.78, 5) is 0. The van der Waals surface area contributed by atoms with Crippen LogP contribution in [0.15, 0.2) is 23.3 Å². The molecule has 0 radical (unpaired) electrons. The Labute approximate surface area is 373 Å². The number of aromatic hydroxyl groups is 2. The van der Waals surface area contributed by atoms with Gasteiger partial charge in [-0.15, -0.1) is 0 Å². The smallest absolute Gasteiger partial charge is 0.229 e. The minimum Gasteiger partial charge on any atom is -0.504 e. The van der Waals surface area contributed by atoms with Gasteiger partial charge in [-0.1, -0.05) is 51.0 Å². The van der Waals surface area contributed by atoms with Gasteiger partial charge in [0.2, 0.25) is 12.6 Å². The third-order valence-electron chi connectivity index (χ3n) is 15.3. The fraction of sp³-hybridized carbons (Fsp3) is 0.686. The molecule has 0 spiro atoms. The van der Waals surface area contributed by atoms with Crippen molar-refractivity contribution in [3.63, 3.8) is 0 Å². The summed E-state index contributed by atoms with van der Waals surface area (Å²) >= 11 is 0. The number of rotatable bonds is 6. The number of phenolic OH excluding ortho intramolecular Hbond substituents is 2. The summed E-state index contributed by atoms with van der Waals surface area (Å²) in [5.74, 6) is 3.63. The molecule has 6 aliphatic rings. The largest absolute Gasteiger partial charge is 0.504 e. The SMILES string of the molecule is CC(C)=C[C@H]1C[C@H](C)[C@H]2CCC(C)c3c(O)c(OC4OC(C)C(O)C(O)C4O)c(C)c1c32.CC(C)=C[C@H]1C[C@H](C)[C@H]2CCC(C)c3c(OC4OCC(O)C(O)C4O)c(O)c(C)c1c32. The minimum atomic E-state index is -1.42. The number of benzene rings is 2. The van der Waals surface area contributed by atoms with Gasteiger partial charge >= 0.3 is 0 Å². The van der Waals surface area contributed by atoms with Crippen molar-refractivity contribution >= 4 is 0 Å². The number of hydrogen-bond donors (Lipinski definition) is 8. The van der Waals surface area contributed by atoms with E-state index in [9.17, 15) is 40.9 Å². The number of aliphatic hydroxyl groups excluding tert-OH is 6. The first-order valence-electron chi connectivity index (χ1n) is 23.4. The van der Waals surface area contributed by atoms with Gasteiger partial charge in [0.25, 0.3) is 0 Å². The van der Waals surface area contributed by atoms with Crippen molar-refractivity contribution < 1.29 is 59.8 Å². The van der Waals surface area contributed by atoms with Gasteiger partial charge in [0.15, 0.2) is 23.0 Å². The quantitative estimate of drug-likeness (QED) is 0.133. The number of aliphatic hydroxyl groups is 6. The lowest BCUT2D eigenvalue weighted by atomic mass is 9.62. The van der Waals surface area contributed by atoms with Gasteiger partial charge in [-0.25, -0.2) is 0 Å². The molecule has 8 N–H and O–H groups in total. The van der Waals surface area contributed by atoms with Crippen LogP contribution in [0.25, 0.3) is 0 Å². The highest BCUT2D eigenvalue weighted by Gasteiger charge is 2.47. The van der Waals surface area contributed by atoms with Crippen molar-refractivity contribution in [3.05, 3.63) is 67.8 Å². The van der Waals surface area contributed by atoms with Gasteiger partial charge in [-0.05, 0) is 156 Å². The Morgan fingerprint density at radius 1 is 0.540 bits per heavy atom. The zero-order chi connectivity index (χ0) is 46.1. The normalized spacial score (nSPS) is 38.0. The van der Waals surface area contributed by atoms with E-state index in [4.69, 9.17) is 18.9 Å².